The quantitative estimate of drug-likeness (QED) is 0.431. The number of amides is 1. The van der Waals surface area contributed by atoms with E-state index in [1.807, 2.05) is 0 Å². The summed E-state index contributed by atoms with van der Waals surface area (Å²) in [5.74, 6) is 5.52. The van der Waals surface area contributed by atoms with E-state index in [0.29, 0.717) is 0 Å². The van der Waals surface area contributed by atoms with Gasteiger partial charge in [-0.25, -0.2) is 10.8 Å². The van der Waals surface area contributed by atoms with Gasteiger partial charge in [0.05, 0.1) is 23.6 Å². The third kappa shape index (κ3) is 3.78. The Morgan fingerprint density at radius 2 is 2.11 bits per heavy atom. The molecule has 9 heteroatoms. The van der Waals surface area contributed by atoms with Crippen LogP contribution in [0, 0.1) is 10.1 Å². The molecule has 0 aliphatic heterocycles. The van der Waals surface area contributed by atoms with Gasteiger partial charge < -0.3 is 15.2 Å². The second-order valence-electron chi connectivity index (χ2n) is 4.11. The van der Waals surface area contributed by atoms with Crippen molar-refractivity contribution in [2.24, 2.45) is 5.84 Å². The van der Waals surface area contributed by atoms with Crippen LogP contribution in [0.1, 0.15) is 0 Å². The number of hydrazine groups is 1. The summed E-state index contributed by atoms with van der Waals surface area (Å²) >= 11 is 0. The van der Waals surface area contributed by atoms with E-state index in [1.54, 1.807) is 21.1 Å². The molecule has 0 aromatic carbocycles. The average Bonchev–Trinajstić information content (AvgIpc) is 2.37. The number of carbonyl (C=O) groups excluding carboxylic acids is 1. The summed E-state index contributed by atoms with van der Waals surface area (Å²) in [4.78, 5) is 28.8. The van der Waals surface area contributed by atoms with Crippen LogP contribution in [0.25, 0.3) is 0 Å². The first-order valence-corrected chi connectivity index (χ1v) is 5.39. The predicted molar refractivity (Wildman–Crippen MR) is 70.7 cm³/mol. The van der Waals surface area contributed by atoms with Gasteiger partial charge in [-0.3, -0.25) is 14.9 Å². The lowest BCUT2D eigenvalue weighted by molar-refractivity contribution is -0.384. The molecule has 0 saturated carbocycles. The molecule has 0 atom stereocenters. The van der Waals surface area contributed by atoms with E-state index in [0.717, 1.165) is 0 Å². The Morgan fingerprint density at radius 1 is 1.47 bits per heavy atom. The molecule has 0 radical (unpaired) electrons. The van der Waals surface area contributed by atoms with Crippen molar-refractivity contribution in [3.63, 3.8) is 0 Å². The van der Waals surface area contributed by atoms with Gasteiger partial charge in [0.15, 0.2) is 0 Å². The number of hydrogen-bond donors (Lipinski definition) is 2. The Balaban J connectivity index is 3.01. The molecule has 1 aromatic rings. The van der Waals surface area contributed by atoms with E-state index >= 15 is 0 Å². The van der Waals surface area contributed by atoms with Gasteiger partial charge in [-0.1, -0.05) is 0 Å². The molecule has 0 saturated heterocycles. The number of pyridine rings is 1. The molecule has 1 rings (SSSR count). The van der Waals surface area contributed by atoms with Crippen LogP contribution in [0.5, 0.6) is 0 Å². The monoisotopic (exact) mass is 268 g/mol. The molecule has 0 aliphatic rings. The fraction of sp³-hybridized carbons (Fsp3) is 0.400. The molecular formula is C10H16N6O3. The summed E-state index contributed by atoms with van der Waals surface area (Å²) in [5, 5.41) is 10.8. The molecule has 19 heavy (non-hydrogen) atoms. The van der Waals surface area contributed by atoms with Crippen molar-refractivity contribution in [1.82, 2.24) is 9.88 Å². The Hall–Kier alpha value is -2.42. The molecule has 104 valence electrons. The van der Waals surface area contributed by atoms with Crippen LogP contribution < -0.4 is 16.2 Å². The summed E-state index contributed by atoms with van der Waals surface area (Å²) in [7, 11) is 4.88. The van der Waals surface area contributed by atoms with Crippen molar-refractivity contribution >= 4 is 23.2 Å². The maximum absolute atomic E-state index is 11.6. The van der Waals surface area contributed by atoms with Gasteiger partial charge in [-0.05, 0) is 0 Å². The molecule has 1 heterocycles. The van der Waals surface area contributed by atoms with Gasteiger partial charge in [-0.15, -0.1) is 0 Å². The van der Waals surface area contributed by atoms with Crippen LogP contribution in [-0.4, -0.2) is 48.4 Å². The highest BCUT2D eigenvalue weighted by molar-refractivity contribution is 5.80. The maximum Gasteiger partial charge on any atom is 0.276 e. The van der Waals surface area contributed by atoms with Crippen molar-refractivity contribution in [3.05, 3.63) is 22.2 Å². The van der Waals surface area contributed by atoms with E-state index in [-0.39, 0.29) is 29.8 Å². The highest BCUT2D eigenvalue weighted by atomic mass is 16.6. The summed E-state index contributed by atoms with van der Waals surface area (Å²) in [6.45, 7) is 0.0607. The standard InChI is InChI=1S/C10H16N6O3/c1-14(2)10(17)6-15(3)9-5-7(16(18)19)4-8(12-9)13-11/h4-5H,6,11H2,1-3H3,(H,12,13). The van der Waals surface area contributed by atoms with Crippen LogP contribution in [0.15, 0.2) is 12.1 Å². The van der Waals surface area contributed by atoms with Crippen LogP contribution in [0.4, 0.5) is 17.3 Å². The van der Waals surface area contributed by atoms with Crippen LogP contribution >= 0.6 is 0 Å². The number of nitrogens with zero attached hydrogens (tertiary/aromatic N) is 4. The van der Waals surface area contributed by atoms with E-state index in [9.17, 15) is 14.9 Å². The zero-order valence-corrected chi connectivity index (χ0v) is 11.0. The highest BCUT2D eigenvalue weighted by Crippen LogP contribution is 2.22. The molecule has 9 nitrogen and oxygen atoms in total. The van der Waals surface area contributed by atoms with Crippen molar-refractivity contribution in [2.75, 3.05) is 38.0 Å². The van der Waals surface area contributed by atoms with Crippen molar-refractivity contribution < 1.29 is 9.72 Å². The number of aromatic nitrogens is 1. The molecule has 0 bridgehead atoms. The summed E-state index contributed by atoms with van der Waals surface area (Å²) in [6, 6.07) is 2.49. The molecule has 0 aliphatic carbocycles. The van der Waals surface area contributed by atoms with Gasteiger partial charge in [-0.2, -0.15) is 0 Å². The third-order valence-electron chi connectivity index (χ3n) is 2.42. The van der Waals surface area contributed by atoms with Gasteiger partial charge in [0, 0.05) is 21.1 Å². The molecule has 0 fully saturated rings. The lowest BCUT2D eigenvalue weighted by Crippen LogP contribution is -2.34. The smallest absolute Gasteiger partial charge is 0.276 e. The van der Waals surface area contributed by atoms with Gasteiger partial charge >= 0.3 is 0 Å². The summed E-state index contributed by atoms with van der Waals surface area (Å²) < 4.78 is 0. The first-order valence-electron chi connectivity index (χ1n) is 5.39. The number of nitrogens with two attached hydrogens (primary N) is 1. The normalized spacial score (nSPS) is 9.89. The molecule has 0 unspecified atom stereocenters. The molecular weight excluding hydrogens is 252 g/mol. The first-order chi connectivity index (χ1) is 8.85. The zero-order valence-electron chi connectivity index (χ0n) is 11.0. The largest absolute Gasteiger partial charge is 0.350 e. The highest BCUT2D eigenvalue weighted by Gasteiger charge is 2.16. The molecule has 0 spiro atoms. The number of nitro groups is 1. The number of likely N-dealkylation sites (N-methyl/N-ethyl adjacent to an activating group) is 2. The van der Waals surface area contributed by atoms with Crippen LogP contribution in [0.2, 0.25) is 0 Å². The van der Waals surface area contributed by atoms with E-state index < -0.39 is 4.92 Å². The maximum atomic E-state index is 11.6. The fourth-order valence-corrected chi connectivity index (χ4v) is 1.30. The molecule has 1 amide bonds. The average molecular weight is 268 g/mol. The first kappa shape index (κ1) is 14.6. The fourth-order valence-electron chi connectivity index (χ4n) is 1.30. The number of anilines is 2. The minimum absolute atomic E-state index is 0.0607. The van der Waals surface area contributed by atoms with Crippen LogP contribution in [-0.2, 0) is 4.79 Å². The Kier molecular flexibility index (Phi) is 4.59. The Bertz CT molecular complexity index is 490. The second-order valence-corrected chi connectivity index (χ2v) is 4.11. The van der Waals surface area contributed by atoms with E-state index in [1.165, 1.54) is 21.9 Å². The minimum Gasteiger partial charge on any atom is -0.350 e. The number of rotatable bonds is 5. The summed E-state index contributed by atoms with van der Waals surface area (Å²) in [5.41, 5.74) is 2.11. The van der Waals surface area contributed by atoms with Crippen molar-refractivity contribution in [2.45, 2.75) is 0 Å². The van der Waals surface area contributed by atoms with Gasteiger partial charge in [0.25, 0.3) is 5.69 Å². The topological polar surface area (TPSA) is 118 Å². The lowest BCUT2D eigenvalue weighted by atomic mass is 10.3. The summed E-state index contributed by atoms with van der Waals surface area (Å²) in [6.07, 6.45) is 0. The SMILES string of the molecule is CN(C)C(=O)CN(C)c1cc([N+](=O)[O-])cc(NN)n1. The van der Waals surface area contributed by atoms with Gasteiger partial charge in [0.2, 0.25) is 5.91 Å². The molecule has 1 aromatic heterocycles. The lowest BCUT2D eigenvalue weighted by Gasteiger charge is -2.20. The van der Waals surface area contributed by atoms with Crippen LogP contribution in [0.3, 0.4) is 0 Å². The van der Waals surface area contributed by atoms with E-state index in [2.05, 4.69) is 10.4 Å². The van der Waals surface area contributed by atoms with Gasteiger partial charge in [0.1, 0.15) is 11.6 Å². The number of nitrogen functional groups attached to an aromatic ring is 1. The third-order valence-corrected chi connectivity index (χ3v) is 2.42. The number of carbonyl (C=O) groups is 1. The zero-order chi connectivity index (χ0) is 14.6. The van der Waals surface area contributed by atoms with E-state index in [4.69, 9.17) is 5.84 Å². The van der Waals surface area contributed by atoms with Crippen molar-refractivity contribution in [3.8, 4) is 0 Å². The Labute approximate surface area is 110 Å². The number of hydrogen-bond acceptors (Lipinski definition) is 7. The van der Waals surface area contributed by atoms with Crippen molar-refractivity contribution in [1.29, 1.82) is 0 Å². The second kappa shape index (κ2) is 5.96. The minimum atomic E-state index is -0.548. The number of nitrogens with one attached hydrogen (secondary N) is 1. The predicted octanol–water partition coefficient (Wildman–Crippen LogP) is -0.200. The Morgan fingerprint density at radius 3 is 2.58 bits per heavy atom. The molecule has 3 N–H and O–H groups in total.